The van der Waals surface area contributed by atoms with Crippen LogP contribution in [-0.4, -0.2) is 11.9 Å². The Morgan fingerprint density at radius 3 is 2.71 bits per heavy atom. The number of amides is 1. The molecule has 1 amide bonds. The third-order valence-electron chi connectivity index (χ3n) is 4.26. The van der Waals surface area contributed by atoms with Crippen molar-refractivity contribution in [2.75, 3.05) is 5.73 Å². The Balaban J connectivity index is 1.70. The van der Waals surface area contributed by atoms with Crippen LogP contribution in [0.3, 0.4) is 0 Å². The van der Waals surface area contributed by atoms with Crippen LogP contribution in [0.15, 0.2) is 24.3 Å². The summed E-state index contributed by atoms with van der Waals surface area (Å²) in [6.07, 6.45) is 5.09. The van der Waals surface area contributed by atoms with Crippen molar-refractivity contribution >= 4 is 11.6 Å². The molecule has 2 aliphatic rings. The maximum absolute atomic E-state index is 12.1. The Bertz CT molecular complexity index is 444. The third kappa shape index (κ3) is 1.90. The first-order valence-corrected chi connectivity index (χ1v) is 6.39. The van der Waals surface area contributed by atoms with Gasteiger partial charge >= 0.3 is 0 Å². The highest BCUT2D eigenvalue weighted by molar-refractivity contribution is 5.99. The van der Waals surface area contributed by atoms with Crippen LogP contribution in [0.1, 0.15) is 36.0 Å². The second-order valence-corrected chi connectivity index (χ2v) is 5.34. The zero-order chi connectivity index (χ0) is 11.8. The smallest absolute Gasteiger partial charge is 0.253 e. The minimum absolute atomic E-state index is 0.0133. The Morgan fingerprint density at radius 1 is 1.24 bits per heavy atom. The first-order chi connectivity index (χ1) is 8.24. The van der Waals surface area contributed by atoms with E-state index < -0.39 is 0 Å². The summed E-state index contributed by atoms with van der Waals surface area (Å²) in [6.45, 7) is 0. The van der Waals surface area contributed by atoms with E-state index in [0.717, 1.165) is 12.3 Å². The summed E-state index contributed by atoms with van der Waals surface area (Å²) in [6, 6.07) is 7.64. The number of rotatable bonds is 2. The van der Waals surface area contributed by atoms with Gasteiger partial charge in [0.2, 0.25) is 0 Å². The minimum Gasteiger partial charge on any atom is -0.398 e. The van der Waals surface area contributed by atoms with Gasteiger partial charge in [-0.25, -0.2) is 0 Å². The number of carbonyl (C=O) groups excluding carboxylic acids is 1. The van der Waals surface area contributed by atoms with Gasteiger partial charge in [-0.1, -0.05) is 18.6 Å². The number of fused-ring (bicyclic) bond motifs is 2. The zero-order valence-corrected chi connectivity index (χ0v) is 9.86. The fraction of sp³-hybridized carbons (Fsp3) is 0.500. The molecule has 0 heterocycles. The van der Waals surface area contributed by atoms with E-state index >= 15 is 0 Å². The number of nitrogens with two attached hydrogens (primary N) is 1. The van der Waals surface area contributed by atoms with Crippen LogP contribution in [0.2, 0.25) is 0 Å². The normalized spacial score (nSPS) is 30.5. The van der Waals surface area contributed by atoms with Crippen molar-refractivity contribution in [2.45, 2.75) is 31.7 Å². The van der Waals surface area contributed by atoms with E-state index in [1.54, 1.807) is 12.1 Å². The maximum Gasteiger partial charge on any atom is 0.253 e. The maximum atomic E-state index is 12.1. The summed E-state index contributed by atoms with van der Waals surface area (Å²) in [5.41, 5.74) is 6.98. The molecular weight excluding hydrogens is 212 g/mol. The van der Waals surface area contributed by atoms with Crippen molar-refractivity contribution in [3.05, 3.63) is 29.8 Å². The molecule has 0 spiro atoms. The Hall–Kier alpha value is -1.51. The van der Waals surface area contributed by atoms with Crippen LogP contribution >= 0.6 is 0 Å². The van der Waals surface area contributed by atoms with Gasteiger partial charge in [0.15, 0.2) is 0 Å². The van der Waals surface area contributed by atoms with Gasteiger partial charge in [0, 0.05) is 11.7 Å². The van der Waals surface area contributed by atoms with Gasteiger partial charge in [0.1, 0.15) is 0 Å². The van der Waals surface area contributed by atoms with E-state index in [0.29, 0.717) is 23.2 Å². The SMILES string of the molecule is Nc1ccccc1C(=O)NC1CC2CCC1C2. The number of benzene rings is 1. The molecule has 2 saturated carbocycles. The molecule has 0 radical (unpaired) electrons. The van der Waals surface area contributed by atoms with Gasteiger partial charge in [0.25, 0.3) is 5.91 Å². The zero-order valence-electron chi connectivity index (χ0n) is 9.86. The summed E-state index contributed by atoms with van der Waals surface area (Å²) in [5, 5.41) is 3.15. The standard InChI is InChI=1S/C14H18N2O/c15-12-4-2-1-3-11(12)14(17)16-13-8-9-5-6-10(13)7-9/h1-4,9-10,13H,5-8,15H2,(H,16,17). The molecular formula is C14H18N2O. The molecule has 2 aliphatic carbocycles. The fourth-order valence-corrected chi connectivity index (χ4v) is 3.37. The lowest BCUT2D eigenvalue weighted by Gasteiger charge is -2.23. The molecule has 3 rings (SSSR count). The first-order valence-electron chi connectivity index (χ1n) is 6.39. The summed E-state index contributed by atoms with van der Waals surface area (Å²) in [4.78, 5) is 12.1. The van der Waals surface area contributed by atoms with Crippen molar-refractivity contribution in [2.24, 2.45) is 11.8 Å². The van der Waals surface area contributed by atoms with E-state index in [2.05, 4.69) is 5.32 Å². The van der Waals surface area contributed by atoms with E-state index in [4.69, 9.17) is 5.73 Å². The summed E-state index contributed by atoms with van der Waals surface area (Å²) >= 11 is 0. The lowest BCUT2D eigenvalue weighted by molar-refractivity contribution is 0.0924. The average Bonchev–Trinajstić information content (AvgIpc) is 2.91. The van der Waals surface area contributed by atoms with E-state index in [-0.39, 0.29) is 5.91 Å². The van der Waals surface area contributed by atoms with Crippen molar-refractivity contribution in [3.8, 4) is 0 Å². The molecule has 3 N–H and O–H groups in total. The van der Waals surface area contributed by atoms with Gasteiger partial charge in [-0.2, -0.15) is 0 Å². The molecule has 3 atom stereocenters. The van der Waals surface area contributed by atoms with E-state index in [1.165, 1.54) is 19.3 Å². The molecule has 17 heavy (non-hydrogen) atoms. The highest BCUT2D eigenvalue weighted by Crippen LogP contribution is 2.44. The Labute approximate surface area is 101 Å². The number of anilines is 1. The van der Waals surface area contributed by atoms with Crippen LogP contribution in [0, 0.1) is 11.8 Å². The molecule has 1 aromatic rings. The van der Waals surface area contributed by atoms with Crippen molar-refractivity contribution in [1.29, 1.82) is 0 Å². The van der Waals surface area contributed by atoms with Crippen molar-refractivity contribution in [3.63, 3.8) is 0 Å². The molecule has 3 unspecified atom stereocenters. The summed E-state index contributed by atoms with van der Waals surface area (Å²) < 4.78 is 0. The van der Waals surface area contributed by atoms with Crippen molar-refractivity contribution < 1.29 is 4.79 Å². The van der Waals surface area contributed by atoms with E-state index in [9.17, 15) is 4.79 Å². The van der Waals surface area contributed by atoms with Gasteiger partial charge in [-0.3, -0.25) is 4.79 Å². The van der Waals surface area contributed by atoms with Gasteiger partial charge in [-0.15, -0.1) is 0 Å². The number of nitrogens with one attached hydrogen (secondary N) is 1. The monoisotopic (exact) mass is 230 g/mol. The minimum atomic E-state index is -0.0133. The van der Waals surface area contributed by atoms with Gasteiger partial charge in [0.05, 0.1) is 5.56 Å². The largest absolute Gasteiger partial charge is 0.398 e. The summed E-state index contributed by atoms with van der Waals surface area (Å²) in [7, 11) is 0. The van der Waals surface area contributed by atoms with Gasteiger partial charge < -0.3 is 11.1 Å². The quantitative estimate of drug-likeness (QED) is 0.765. The lowest BCUT2D eigenvalue weighted by Crippen LogP contribution is -2.38. The molecule has 2 bridgehead atoms. The van der Waals surface area contributed by atoms with Crippen LogP contribution in [0.4, 0.5) is 5.69 Å². The van der Waals surface area contributed by atoms with Crippen LogP contribution in [0.25, 0.3) is 0 Å². The third-order valence-corrected chi connectivity index (χ3v) is 4.26. The van der Waals surface area contributed by atoms with E-state index in [1.807, 2.05) is 12.1 Å². The molecule has 3 heteroatoms. The molecule has 3 nitrogen and oxygen atoms in total. The second-order valence-electron chi connectivity index (χ2n) is 5.34. The predicted molar refractivity (Wildman–Crippen MR) is 67.6 cm³/mol. The molecule has 2 fully saturated rings. The number of hydrogen-bond acceptors (Lipinski definition) is 2. The van der Waals surface area contributed by atoms with Crippen LogP contribution in [0.5, 0.6) is 0 Å². The van der Waals surface area contributed by atoms with Gasteiger partial charge in [-0.05, 0) is 43.2 Å². The highest BCUT2D eigenvalue weighted by Gasteiger charge is 2.40. The predicted octanol–water partition coefficient (Wildman–Crippen LogP) is 2.19. The number of para-hydroxylation sites is 1. The first kappa shape index (κ1) is 10.6. The van der Waals surface area contributed by atoms with Crippen molar-refractivity contribution in [1.82, 2.24) is 5.32 Å². The molecule has 1 aromatic carbocycles. The molecule has 0 aliphatic heterocycles. The number of hydrogen-bond donors (Lipinski definition) is 2. The number of nitrogen functional groups attached to an aromatic ring is 1. The Morgan fingerprint density at radius 2 is 2.06 bits per heavy atom. The fourth-order valence-electron chi connectivity index (χ4n) is 3.37. The molecule has 90 valence electrons. The number of carbonyl (C=O) groups is 1. The average molecular weight is 230 g/mol. The lowest BCUT2D eigenvalue weighted by atomic mass is 9.95. The topological polar surface area (TPSA) is 55.1 Å². The molecule has 0 aromatic heterocycles. The second kappa shape index (κ2) is 4.06. The van der Waals surface area contributed by atoms with Crippen LogP contribution in [-0.2, 0) is 0 Å². The van der Waals surface area contributed by atoms with Crippen LogP contribution < -0.4 is 11.1 Å². The molecule has 0 saturated heterocycles. The summed E-state index contributed by atoms with van der Waals surface area (Å²) in [5.74, 6) is 1.54. The Kier molecular flexibility index (Phi) is 2.54. The highest BCUT2D eigenvalue weighted by atomic mass is 16.1.